The lowest BCUT2D eigenvalue weighted by atomic mass is 9.90. The van der Waals surface area contributed by atoms with E-state index in [-0.39, 0.29) is 18.4 Å². The Kier molecular flexibility index (Phi) is 3.33. The van der Waals surface area contributed by atoms with Gasteiger partial charge in [0.1, 0.15) is 5.54 Å². The van der Waals surface area contributed by atoms with E-state index in [1.807, 2.05) is 4.90 Å². The first-order valence-electron chi connectivity index (χ1n) is 7.45. The van der Waals surface area contributed by atoms with Crippen molar-refractivity contribution >= 4 is 11.8 Å². The molecule has 0 bridgehead atoms. The number of hydrogen-bond acceptors (Lipinski definition) is 2. The molecule has 1 heterocycles. The van der Waals surface area contributed by atoms with E-state index >= 15 is 0 Å². The minimum Gasteiger partial charge on any atom is -0.340 e. The van der Waals surface area contributed by atoms with Crippen molar-refractivity contribution in [2.24, 2.45) is 5.92 Å². The molecule has 1 saturated carbocycles. The highest BCUT2D eigenvalue weighted by molar-refractivity contribution is 5.98. The summed E-state index contributed by atoms with van der Waals surface area (Å²) in [5, 5.41) is 2.96. The quantitative estimate of drug-likeness (QED) is 0.769. The van der Waals surface area contributed by atoms with E-state index in [1.165, 1.54) is 0 Å². The fourth-order valence-electron chi connectivity index (χ4n) is 3.71. The second kappa shape index (κ2) is 4.99. The molecule has 0 aromatic rings. The van der Waals surface area contributed by atoms with Crippen LogP contribution in [0.25, 0.3) is 0 Å². The van der Waals surface area contributed by atoms with E-state index in [0.717, 1.165) is 51.5 Å². The first kappa shape index (κ1) is 12.7. The van der Waals surface area contributed by atoms with Gasteiger partial charge in [0.15, 0.2) is 0 Å². The summed E-state index contributed by atoms with van der Waals surface area (Å²) >= 11 is 0. The average Bonchev–Trinajstić information content (AvgIpc) is 2.86. The number of carbonyl (C=O) groups excluding carboxylic acids is 2. The minimum atomic E-state index is -0.556. The van der Waals surface area contributed by atoms with Crippen molar-refractivity contribution < 1.29 is 9.59 Å². The summed E-state index contributed by atoms with van der Waals surface area (Å²) in [5.41, 5.74) is -0.556. The Balaban J connectivity index is 1.71. The molecule has 1 atom stereocenters. The molecule has 104 valence electrons. The highest BCUT2D eigenvalue weighted by atomic mass is 16.2. The topological polar surface area (TPSA) is 49.4 Å². The Morgan fingerprint density at radius 1 is 1.26 bits per heavy atom. The Bertz CT molecular complexity index is 410. The Morgan fingerprint density at radius 2 is 2.05 bits per heavy atom. The summed E-state index contributed by atoms with van der Waals surface area (Å²) in [6.07, 6.45) is 11.4. The van der Waals surface area contributed by atoms with Crippen LogP contribution in [0.2, 0.25) is 0 Å². The third kappa shape index (κ3) is 2.40. The van der Waals surface area contributed by atoms with Crippen molar-refractivity contribution in [3.8, 4) is 0 Å². The molecule has 2 aliphatic carbocycles. The molecule has 4 nitrogen and oxygen atoms in total. The molecule has 4 heteroatoms. The molecule has 0 aromatic heterocycles. The molecule has 3 rings (SSSR count). The van der Waals surface area contributed by atoms with Crippen LogP contribution < -0.4 is 5.32 Å². The molecule has 1 spiro atoms. The van der Waals surface area contributed by atoms with E-state index < -0.39 is 5.54 Å². The van der Waals surface area contributed by atoms with Crippen LogP contribution in [0, 0.1) is 5.92 Å². The minimum absolute atomic E-state index is 0.0212. The molecule has 0 aromatic carbocycles. The highest BCUT2D eigenvalue weighted by Crippen LogP contribution is 2.34. The number of nitrogens with one attached hydrogen (secondary N) is 1. The van der Waals surface area contributed by atoms with Crippen LogP contribution in [0.3, 0.4) is 0 Å². The Hall–Kier alpha value is -1.32. The van der Waals surface area contributed by atoms with Gasteiger partial charge in [0.2, 0.25) is 11.8 Å². The third-order valence-corrected chi connectivity index (χ3v) is 4.72. The first-order chi connectivity index (χ1) is 9.20. The molecule has 3 aliphatic rings. The zero-order valence-corrected chi connectivity index (χ0v) is 11.4. The smallest absolute Gasteiger partial charge is 0.248 e. The number of nitrogens with zero attached hydrogens (tertiary/aromatic N) is 1. The van der Waals surface area contributed by atoms with E-state index in [4.69, 9.17) is 0 Å². The van der Waals surface area contributed by atoms with E-state index in [0.29, 0.717) is 5.92 Å². The van der Waals surface area contributed by atoms with E-state index in [2.05, 4.69) is 17.5 Å². The predicted molar refractivity (Wildman–Crippen MR) is 72.4 cm³/mol. The lowest BCUT2D eigenvalue weighted by molar-refractivity contribution is -0.150. The summed E-state index contributed by atoms with van der Waals surface area (Å²) in [5.74, 6) is 0.713. The summed E-state index contributed by atoms with van der Waals surface area (Å²) in [6.45, 7) is 0.999. The van der Waals surface area contributed by atoms with Gasteiger partial charge in [-0.25, -0.2) is 0 Å². The van der Waals surface area contributed by atoms with Gasteiger partial charge in [-0.1, -0.05) is 25.0 Å². The molecular formula is C15H22N2O2. The van der Waals surface area contributed by atoms with Gasteiger partial charge in [0, 0.05) is 6.54 Å². The lowest BCUT2D eigenvalue weighted by Crippen LogP contribution is -2.66. The molecule has 1 saturated heterocycles. The average molecular weight is 262 g/mol. The molecule has 0 radical (unpaired) electrons. The Morgan fingerprint density at radius 3 is 2.74 bits per heavy atom. The van der Waals surface area contributed by atoms with Gasteiger partial charge in [-0.2, -0.15) is 0 Å². The fourth-order valence-corrected chi connectivity index (χ4v) is 3.71. The standard InChI is InChI=1S/C15H22N2O2/c18-13-11-17(10-12-6-2-1-3-7-12)14(19)15(16-13)8-4-5-9-15/h1-2,12H,3-11H2,(H,16,18). The van der Waals surface area contributed by atoms with Gasteiger partial charge in [-0.05, 0) is 38.0 Å². The second-order valence-corrected chi connectivity index (χ2v) is 6.17. The number of carbonyl (C=O) groups is 2. The van der Waals surface area contributed by atoms with Crippen LogP contribution >= 0.6 is 0 Å². The van der Waals surface area contributed by atoms with Crippen molar-refractivity contribution in [1.29, 1.82) is 0 Å². The van der Waals surface area contributed by atoms with Gasteiger partial charge >= 0.3 is 0 Å². The zero-order chi connectivity index (χ0) is 13.3. The second-order valence-electron chi connectivity index (χ2n) is 6.17. The van der Waals surface area contributed by atoms with Gasteiger partial charge in [-0.3, -0.25) is 9.59 Å². The van der Waals surface area contributed by atoms with E-state index in [1.54, 1.807) is 0 Å². The van der Waals surface area contributed by atoms with Crippen LogP contribution in [-0.2, 0) is 9.59 Å². The van der Waals surface area contributed by atoms with Crippen LogP contribution in [-0.4, -0.2) is 35.3 Å². The molecule has 2 amide bonds. The number of piperazine rings is 1. The molecule has 1 unspecified atom stereocenters. The summed E-state index contributed by atoms with van der Waals surface area (Å²) in [6, 6.07) is 0. The molecule has 1 aliphatic heterocycles. The lowest BCUT2D eigenvalue weighted by Gasteiger charge is -2.41. The van der Waals surface area contributed by atoms with E-state index in [9.17, 15) is 9.59 Å². The molecule has 2 fully saturated rings. The van der Waals surface area contributed by atoms with Gasteiger partial charge in [0.25, 0.3) is 0 Å². The SMILES string of the molecule is O=C1CN(CC2CC=CCC2)C(=O)C2(CCCC2)N1. The van der Waals surface area contributed by atoms with Crippen LogP contribution in [0.4, 0.5) is 0 Å². The summed E-state index contributed by atoms with van der Waals surface area (Å²) in [7, 11) is 0. The monoisotopic (exact) mass is 262 g/mol. The normalized spacial score (nSPS) is 29.9. The maximum absolute atomic E-state index is 12.7. The Labute approximate surface area is 114 Å². The number of rotatable bonds is 2. The van der Waals surface area contributed by atoms with Crippen molar-refractivity contribution in [3.63, 3.8) is 0 Å². The predicted octanol–water partition coefficient (Wildman–Crippen LogP) is 1.61. The van der Waals surface area contributed by atoms with Gasteiger partial charge < -0.3 is 10.2 Å². The van der Waals surface area contributed by atoms with Crippen LogP contribution in [0.1, 0.15) is 44.9 Å². The number of amides is 2. The maximum atomic E-state index is 12.7. The highest BCUT2D eigenvalue weighted by Gasteiger charge is 2.48. The van der Waals surface area contributed by atoms with Crippen molar-refractivity contribution in [2.75, 3.05) is 13.1 Å². The van der Waals surface area contributed by atoms with Gasteiger partial charge in [-0.15, -0.1) is 0 Å². The number of hydrogen-bond donors (Lipinski definition) is 1. The van der Waals surface area contributed by atoms with Crippen LogP contribution in [0.15, 0.2) is 12.2 Å². The number of allylic oxidation sites excluding steroid dienone is 2. The maximum Gasteiger partial charge on any atom is 0.248 e. The molecule has 19 heavy (non-hydrogen) atoms. The zero-order valence-electron chi connectivity index (χ0n) is 11.4. The van der Waals surface area contributed by atoms with Crippen molar-refractivity contribution in [3.05, 3.63) is 12.2 Å². The fraction of sp³-hybridized carbons (Fsp3) is 0.733. The van der Waals surface area contributed by atoms with Crippen LogP contribution in [0.5, 0.6) is 0 Å². The first-order valence-corrected chi connectivity index (χ1v) is 7.45. The molecule has 1 N–H and O–H groups in total. The largest absolute Gasteiger partial charge is 0.340 e. The summed E-state index contributed by atoms with van der Waals surface area (Å²) in [4.78, 5) is 26.4. The third-order valence-electron chi connectivity index (χ3n) is 4.72. The van der Waals surface area contributed by atoms with Gasteiger partial charge in [0.05, 0.1) is 6.54 Å². The van der Waals surface area contributed by atoms with Crippen molar-refractivity contribution in [1.82, 2.24) is 10.2 Å². The van der Waals surface area contributed by atoms with Crippen molar-refractivity contribution in [2.45, 2.75) is 50.5 Å². The molecular weight excluding hydrogens is 240 g/mol. The summed E-state index contributed by atoms with van der Waals surface area (Å²) < 4.78 is 0.